The average molecular weight is 300 g/mol. The van der Waals surface area contributed by atoms with Crippen LogP contribution in [0.5, 0.6) is 0 Å². The Hall–Kier alpha value is -2.02. The number of carboxylic acids is 1. The second-order valence-corrected chi connectivity index (χ2v) is 4.84. The van der Waals surface area contributed by atoms with Gasteiger partial charge in [0.2, 0.25) is 5.91 Å². The molecule has 0 aromatic heterocycles. The molecule has 116 valence electrons. The van der Waals surface area contributed by atoms with Gasteiger partial charge >= 0.3 is 5.97 Å². The minimum absolute atomic E-state index is 0.0169. The first kappa shape index (κ1) is 17.0. The maximum atomic E-state index is 13.2. The Morgan fingerprint density at radius 2 is 1.95 bits per heavy atom. The van der Waals surface area contributed by atoms with Gasteiger partial charge in [0.25, 0.3) is 0 Å². The molecule has 1 amide bonds. The standard InChI is InChI=1S/C14H18F2N2O3/c1-8(9-3-4-10(15)11(16)7-9)18(2)14(21)12(17)5-6-13(19)20/h3-4,7-8,12H,5-6,17H2,1-2H3,(H,19,20). The molecule has 21 heavy (non-hydrogen) atoms. The van der Waals surface area contributed by atoms with E-state index in [2.05, 4.69) is 0 Å². The lowest BCUT2D eigenvalue weighted by molar-refractivity contribution is -0.137. The molecule has 5 nitrogen and oxygen atoms in total. The summed E-state index contributed by atoms with van der Waals surface area (Å²) in [6.07, 6.45) is -0.191. The molecule has 0 bridgehead atoms. The van der Waals surface area contributed by atoms with E-state index in [4.69, 9.17) is 10.8 Å². The summed E-state index contributed by atoms with van der Waals surface area (Å²) in [6.45, 7) is 1.65. The number of hydrogen-bond acceptors (Lipinski definition) is 3. The number of likely N-dealkylation sites (N-methyl/N-ethyl adjacent to an activating group) is 1. The largest absolute Gasteiger partial charge is 0.481 e. The van der Waals surface area contributed by atoms with Crippen molar-refractivity contribution < 1.29 is 23.5 Å². The van der Waals surface area contributed by atoms with Gasteiger partial charge in [-0.1, -0.05) is 6.07 Å². The van der Waals surface area contributed by atoms with Crippen LogP contribution in [-0.2, 0) is 9.59 Å². The number of halogens is 2. The lowest BCUT2D eigenvalue weighted by atomic mass is 10.0. The molecule has 0 heterocycles. The zero-order valence-electron chi connectivity index (χ0n) is 11.8. The van der Waals surface area contributed by atoms with Crippen molar-refractivity contribution in [3.05, 3.63) is 35.4 Å². The minimum Gasteiger partial charge on any atom is -0.481 e. The highest BCUT2D eigenvalue weighted by Crippen LogP contribution is 2.21. The van der Waals surface area contributed by atoms with Crippen LogP contribution in [0.1, 0.15) is 31.4 Å². The van der Waals surface area contributed by atoms with Gasteiger partial charge in [-0.2, -0.15) is 0 Å². The predicted molar refractivity (Wildman–Crippen MR) is 72.4 cm³/mol. The smallest absolute Gasteiger partial charge is 0.303 e. The van der Waals surface area contributed by atoms with Gasteiger partial charge in [-0.15, -0.1) is 0 Å². The third-order valence-electron chi connectivity index (χ3n) is 3.34. The number of nitrogens with zero attached hydrogens (tertiary/aromatic N) is 1. The van der Waals surface area contributed by atoms with Crippen molar-refractivity contribution in [1.82, 2.24) is 4.90 Å². The highest BCUT2D eigenvalue weighted by atomic mass is 19.2. The molecule has 0 aliphatic rings. The van der Waals surface area contributed by atoms with Crippen molar-refractivity contribution in [2.45, 2.75) is 31.8 Å². The first-order valence-electron chi connectivity index (χ1n) is 6.43. The Bertz CT molecular complexity index is 537. The van der Waals surface area contributed by atoms with Gasteiger partial charge in [-0.05, 0) is 31.0 Å². The van der Waals surface area contributed by atoms with Gasteiger partial charge < -0.3 is 15.7 Å². The summed E-state index contributed by atoms with van der Waals surface area (Å²) in [5.41, 5.74) is 6.07. The Morgan fingerprint density at radius 1 is 1.33 bits per heavy atom. The molecule has 1 rings (SSSR count). The third-order valence-corrected chi connectivity index (χ3v) is 3.34. The van der Waals surface area contributed by atoms with E-state index in [0.717, 1.165) is 12.1 Å². The zero-order valence-corrected chi connectivity index (χ0v) is 11.8. The molecular weight excluding hydrogens is 282 g/mol. The monoisotopic (exact) mass is 300 g/mol. The van der Waals surface area contributed by atoms with Crippen LogP contribution in [0.15, 0.2) is 18.2 Å². The molecule has 1 aromatic carbocycles. The van der Waals surface area contributed by atoms with Crippen LogP contribution >= 0.6 is 0 Å². The van der Waals surface area contributed by atoms with Gasteiger partial charge in [-0.3, -0.25) is 9.59 Å². The molecule has 0 radical (unpaired) electrons. The SMILES string of the molecule is CC(c1ccc(F)c(F)c1)N(C)C(=O)C(N)CCC(=O)O. The lowest BCUT2D eigenvalue weighted by Gasteiger charge is -2.28. The first-order valence-corrected chi connectivity index (χ1v) is 6.43. The first-order chi connectivity index (χ1) is 9.73. The van der Waals surface area contributed by atoms with Crippen LogP contribution in [0.25, 0.3) is 0 Å². The molecule has 0 saturated heterocycles. The molecule has 0 fully saturated rings. The van der Waals surface area contributed by atoms with E-state index in [9.17, 15) is 18.4 Å². The average Bonchev–Trinajstić information content (AvgIpc) is 2.45. The number of carbonyl (C=O) groups is 2. The molecule has 0 aliphatic carbocycles. The van der Waals surface area contributed by atoms with Crippen LogP contribution < -0.4 is 5.73 Å². The predicted octanol–water partition coefficient (Wildman–Crippen LogP) is 1.68. The summed E-state index contributed by atoms with van der Waals surface area (Å²) < 4.78 is 26.1. The van der Waals surface area contributed by atoms with Crippen LogP contribution in [0, 0.1) is 11.6 Å². The Kier molecular flexibility index (Phi) is 5.78. The van der Waals surface area contributed by atoms with Gasteiger partial charge in [0.05, 0.1) is 12.1 Å². The van der Waals surface area contributed by atoms with E-state index < -0.39 is 35.6 Å². The summed E-state index contributed by atoms with van der Waals surface area (Å²) >= 11 is 0. The Labute approximate surface area is 121 Å². The number of carboxylic acid groups (broad SMARTS) is 1. The molecule has 0 spiro atoms. The lowest BCUT2D eigenvalue weighted by Crippen LogP contribution is -2.43. The number of rotatable bonds is 6. The highest BCUT2D eigenvalue weighted by molar-refractivity contribution is 5.82. The van der Waals surface area contributed by atoms with Crippen molar-refractivity contribution in [3.63, 3.8) is 0 Å². The van der Waals surface area contributed by atoms with Crippen molar-refractivity contribution in [2.75, 3.05) is 7.05 Å². The van der Waals surface area contributed by atoms with Crippen LogP contribution in [0.4, 0.5) is 8.78 Å². The van der Waals surface area contributed by atoms with Gasteiger partial charge in [0.15, 0.2) is 11.6 Å². The molecular formula is C14H18F2N2O3. The number of nitrogens with two attached hydrogens (primary N) is 1. The number of amides is 1. The van der Waals surface area contributed by atoms with E-state index in [-0.39, 0.29) is 12.8 Å². The van der Waals surface area contributed by atoms with Gasteiger partial charge in [0.1, 0.15) is 0 Å². The van der Waals surface area contributed by atoms with E-state index in [1.165, 1.54) is 18.0 Å². The fraction of sp³-hybridized carbons (Fsp3) is 0.429. The molecule has 0 aliphatic heterocycles. The maximum absolute atomic E-state index is 13.2. The summed E-state index contributed by atoms with van der Waals surface area (Å²) in [6, 6.07) is 1.94. The van der Waals surface area contributed by atoms with Gasteiger partial charge in [0, 0.05) is 13.5 Å². The Balaban J connectivity index is 2.76. The van der Waals surface area contributed by atoms with Crippen molar-refractivity contribution >= 4 is 11.9 Å². The summed E-state index contributed by atoms with van der Waals surface area (Å²) in [5.74, 6) is -3.43. The summed E-state index contributed by atoms with van der Waals surface area (Å²) in [7, 11) is 1.48. The molecule has 2 atom stereocenters. The van der Waals surface area contributed by atoms with Crippen molar-refractivity contribution in [1.29, 1.82) is 0 Å². The van der Waals surface area contributed by atoms with Crippen LogP contribution in [0.2, 0.25) is 0 Å². The highest BCUT2D eigenvalue weighted by Gasteiger charge is 2.24. The minimum atomic E-state index is -1.03. The fourth-order valence-corrected chi connectivity index (χ4v) is 1.85. The van der Waals surface area contributed by atoms with Crippen molar-refractivity contribution in [3.8, 4) is 0 Å². The maximum Gasteiger partial charge on any atom is 0.303 e. The van der Waals surface area contributed by atoms with Gasteiger partial charge in [-0.25, -0.2) is 8.78 Å². The Morgan fingerprint density at radius 3 is 2.48 bits per heavy atom. The zero-order chi connectivity index (χ0) is 16.2. The number of benzene rings is 1. The number of aliphatic carboxylic acids is 1. The molecule has 2 unspecified atom stereocenters. The second-order valence-electron chi connectivity index (χ2n) is 4.84. The van der Waals surface area contributed by atoms with Crippen LogP contribution in [0.3, 0.4) is 0 Å². The van der Waals surface area contributed by atoms with E-state index in [0.29, 0.717) is 5.56 Å². The normalized spacial score (nSPS) is 13.6. The number of hydrogen-bond donors (Lipinski definition) is 2. The van der Waals surface area contributed by atoms with E-state index >= 15 is 0 Å². The topological polar surface area (TPSA) is 83.6 Å². The van der Waals surface area contributed by atoms with E-state index in [1.54, 1.807) is 6.92 Å². The molecule has 1 aromatic rings. The molecule has 3 N–H and O–H groups in total. The summed E-state index contributed by atoms with van der Waals surface area (Å²) in [4.78, 5) is 23.8. The fourth-order valence-electron chi connectivity index (χ4n) is 1.85. The number of carbonyl (C=O) groups excluding carboxylic acids is 1. The molecule has 7 heteroatoms. The summed E-state index contributed by atoms with van der Waals surface area (Å²) in [5, 5.41) is 8.57. The van der Waals surface area contributed by atoms with Crippen LogP contribution in [-0.4, -0.2) is 35.0 Å². The third kappa shape index (κ3) is 4.49. The molecule has 0 saturated carbocycles. The quantitative estimate of drug-likeness (QED) is 0.837. The van der Waals surface area contributed by atoms with Crippen molar-refractivity contribution in [2.24, 2.45) is 5.73 Å². The van der Waals surface area contributed by atoms with E-state index in [1.807, 2.05) is 0 Å². The second kappa shape index (κ2) is 7.12.